The Hall–Kier alpha value is 0.250. The maximum absolute atomic E-state index is 5.66. The third-order valence-corrected chi connectivity index (χ3v) is 2.98. The number of halogens is 1. The van der Waals surface area contributed by atoms with Gasteiger partial charge in [0.1, 0.15) is 0 Å². The second kappa shape index (κ2) is 5.82. The highest BCUT2D eigenvalue weighted by Gasteiger charge is 2.12. The molecule has 12 heavy (non-hydrogen) atoms. The van der Waals surface area contributed by atoms with Gasteiger partial charge in [-0.25, -0.2) is 0 Å². The standard InChI is InChI=1S/C10H20ClN/c1-10-4-2-7-12(9-5-10)8-3-6-11/h10H,2-9H2,1H3. The molecule has 0 amide bonds. The van der Waals surface area contributed by atoms with Gasteiger partial charge in [-0.1, -0.05) is 6.92 Å². The van der Waals surface area contributed by atoms with Crippen molar-refractivity contribution in [3.63, 3.8) is 0 Å². The third-order valence-electron chi connectivity index (χ3n) is 2.72. The van der Waals surface area contributed by atoms with Crippen LogP contribution in [0.15, 0.2) is 0 Å². The van der Waals surface area contributed by atoms with E-state index >= 15 is 0 Å². The van der Waals surface area contributed by atoms with E-state index in [0.717, 1.165) is 18.2 Å². The lowest BCUT2D eigenvalue weighted by atomic mass is 10.0. The second-order valence-electron chi connectivity index (χ2n) is 3.92. The Morgan fingerprint density at radius 3 is 2.92 bits per heavy atom. The molecule has 2 heteroatoms. The largest absolute Gasteiger partial charge is 0.303 e. The maximum atomic E-state index is 5.66. The van der Waals surface area contributed by atoms with E-state index in [1.165, 1.54) is 38.9 Å². The molecule has 0 bridgehead atoms. The smallest absolute Gasteiger partial charge is 0.0235 e. The van der Waals surface area contributed by atoms with Gasteiger partial charge in [0.15, 0.2) is 0 Å². The highest BCUT2D eigenvalue weighted by Crippen LogP contribution is 2.16. The molecule has 0 N–H and O–H groups in total. The molecule has 0 spiro atoms. The lowest BCUT2D eigenvalue weighted by molar-refractivity contribution is 0.283. The van der Waals surface area contributed by atoms with E-state index in [1.54, 1.807) is 0 Å². The molecule has 1 heterocycles. The lowest BCUT2D eigenvalue weighted by Gasteiger charge is -2.18. The molecular formula is C10H20ClN. The average molecular weight is 190 g/mol. The second-order valence-corrected chi connectivity index (χ2v) is 4.30. The van der Waals surface area contributed by atoms with Gasteiger partial charge in [-0.05, 0) is 51.2 Å². The number of hydrogen-bond acceptors (Lipinski definition) is 1. The van der Waals surface area contributed by atoms with Gasteiger partial charge in [-0.2, -0.15) is 0 Å². The fourth-order valence-corrected chi connectivity index (χ4v) is 1.95. The van der Waals surface area contributed by atoms with Gasteiger partial charge in [0.25, 0.3) is 0 Å². The molecule has 1 aliphatic rings. The molecule has 0 aromatic heterocycles. The van der Waals surface area contributed by atoms with E-state index in [1.807, 2.05) is 0 Å². The van der Waals surface area contributed by atoms with Crippen LogP contribution in [0.2, 0.25) is 0 Å². The molecule has 1 fully saturated rings. The Labute approximate surface area is 81.1 Å². The van der Waals surface area contributed by atoms with Crippen LogP contribution in [0.5, 0.6) is 0 Å². The lowest BCUT2D eigenvalue weighted by Crippen LogP contribution is -2.26. The first kappa shape index (κ1) is 10.3. The molecule has 0 radical (unpaired) electrons. The van der Waals surface area contributed by atoms with Crippen molar-refractivity contribution in [2.24, 2.45) is 5.92 Å². The van der Waals surface area contributed by atoms with Crippen LogP contribution in [-0.4, -0.2) is 30.4 Å². The summed E-state index contributed by atoms with van der Waals surface area (Å²) < 4.78 is 0. The zero-order chi connectivity index (χ0) is 8.81. The van der Waals surface area contributed by atoms with E-state index in [9.17, 15) is 0 Å². The predicted molar refractivity (Wildman–Crippen MR) is 54.8 cm³/mol. The SMILES string of the molecule is CC1CCCN(CCCCl)CC1. The van der Waals surface area contributed by atoms with Crippen molar-refractivity contribution in [2.75, 3.05) is 25.5 Å². The van der Waals surface area contributed by atoms with Crippen molar-refractivity contribution in [1.29, 1.82) is 0 Å². The first-order valence-corrected chi connectivity index (χ1v) is 5.64. The molecule has 0 aromatic carbocycles. The van der Waals surface area contributed by atoms with Gasteiger partial charge in [-0.3, -0.25) is 0 Å². The number of likely N-dealkylation sites (tertiary alicyclic amines) is 1. The molecule has 1 atom stereocenters. The van der Waals surface area contributed by atoms with Crippen molar-refractivity contribution in [3.05, 3.63) is 0 Å². The summed E-state index contributed by atoms with van der Waals surface area (Å²) in [6.07, 6.45) is 5.32. The summed E-state index contributed by atoms with van der Waals surface area (Å²) in [4.78, 5) is 2.56. The summed E-state index contributed by atoms with van der Waals surface area (Å²) in [6.45, 7) is 6.15. The molecule has 1 saturated heterocycles. The van der Waals surface area contributed by atoms with E-state index in [-0.39, 0.29) is 0 Å². The summed E-state index contributed by atoms with van der Waals surface area (Å²) in [6, 6.07) is 0. The Morgan fingerprint density at radius 1 is 1.33 bits per heavy atom. The minimum Gasteiger partial charge on any atom is -0.303 e. The fourth-order valence-electron chi connectivity index (χ4n) is 1.83. The van der Waals surface area contributed by atoms with E-state index in [2.05, 4.69) is 11.8 Å². The van der Waals surface area contributed by atoms with Crippen molar-refractivity contribution in [3.8, 4) is 0 Å². The fraction of sp³-hybridized carbons (Fsp3) is 1.00. The van der Waals surface area contributed by atoms with Crippen LogP contribution in [0.3, 0.4) is 0 Å². The summed E-state index contributed by atoms with van der Waals surface area (Å²) >= 11 is 5.66. The molecule has 1 unspecified atom stereocenters. The number of alkyl halides is 1. The Kier molecular flexibility index (Phi) is 5.01. The predicted octanol–water partition coefficient (Wildman–Crippen LogP) is 2.74. The van der Waals surface area contributed by atoms with Crippen molar-refractivity contribution >= 4 is 11.6 Å². The van der Waals surface area contributed by atoms with E-state index < -0.39 is 0 Å². The zero-order valence-electron chi connectivity index (χ0n) is 8.06. The molecule has 0 aromatic rings. The number of rotatable bonds is 3. The molecule has 1 nitrogen and oxygen atoms in total. The Balaban J connectivity index is 2.17. The zero-order valence-corrected chi connectivity index (χ0v) is 8.82. The maximum Gasteiger partial charge on any atom is 0.0235 e. The van der Waals surface area contributed by atoms with Gasteiger partial charge in [0, 0.05) is 5.88 Å². The Bertz CT molecular complexity index is 114. The minimum absolute atomic E-state index is 0.812. The van der Waals surface area contributed by atoms with Crippen molar-refractivity contribution in [1.82, 2.24) is 4.90 Å². The van der Waals surface area contributed by atoms with Crippen LogP contribution < -0.4 is 0 Å². The Morgan fingerprint density at radius 2 is 2.17 bits per heavy atom. The molecule has 1 aliphatic heterocycles. The van der Waals surface area contributed by atoms with Gasteiger partial charge in [0.05, 0.1) is 0 Å². The highest BCUT2D eigenvalue weighted by atomic mass is 35.5. The van der Waals surface area contributed by atoms with Crippen LogP contribution in [0.4, 0.5) is 0 Å². The van der Waals surface area contributed by atoms with Crippen LogP contribution >= 0.6 is 11.6 Å². The van der Waals surface area contributed by atoms with Crippen molar-refractivity contribution in [2.45, 2.75) is 32.6 Å². The highest BCUT2D eigenvalue weighted by molar-refractivity contribution is 6.17. The molecule has 72 valence electrons. The van der Waals surface area contributed by atoms with Crippen LogP contribution in [0.25, 0.3) is 0 Å². The first-order chi connectivity index (χ1) is 5.83. The van der Waals surface area contributed by atoms with Crippen molar-refractivity contribution < 1.29 is 0 Å². The normalized spacial score (nSPS) is 27.0. The third kappa shape index (κ3) is 3.77. The average Bonchev–Trinajstić information content (AvgIpc) is 2.27. The molecular weight excluding hydrogens is 170 g/mol. The molecule has 0 saturated carbocycles. The van der Waals surface area contributed by atoms with Crippen LogP contribution in [0.1, 0.15) is 32.6 Å². The summed E-state index contributed by atoms with van der Waals surface area (Å²) in [5.41, 5.74) is 0. The van der Waals surface area contributed by atoms with Gasteiger partial charge in [-0.15, -0.1) is 11.6 Å². The number of nitrogens with zero attached hydrogens (tertiary/aromatic N) is 1. The summed E-state index contributed by atoms with van der Waals surface area (Å²) in [7, 11) is 0. The van der Waals surface area contributed by atoms with Gasteiger partial charge >= 0.3 is 0 Å². The summed E-state index contributed by atoms with van der Waals surface area (Å²) in [5.74, 6) is 1.75. The monoisotopic (exact) mass is 189 g/mol. The van der Waals surface area contributed by atoms with Gasteiger partial charge in [0.2, 0.25) is 0 Å². The van der Waals surface area contributed by atoms with E-state index in [0.29, 0.717) is 0 Å². The van der Waals surface area contributed by atoms with Gasteiger partial charge < -0.3 is 4.90 Å². The summed E-state index contributed by atoms with van der Waals surface area (Å²) in [5, 5.41) is 0. The first-order valence-electron chi connectivity index (χ1n) is 5.11. The molecule has 1 rings (SSSR count). The van der Waals surface area contributed by atoms with Crippen LogP contribution in [-0.2, 0) is 0 Å². The van der Waals surface area contributed by atoms with Crippen LogP contribution in [0, 0.1) is 5.92 Å². The minimum atomic E-state index is 0.812. The molecule has 0 aliphatic carbocycles. The van der Waals surface area contributed by atoms with E-state index in [4.69, 9.17) is 11.6 Å². The topological polar surface area (TPSA) is 3.24 Å². The quantitative estimate of drug-likeness (QED) is 0.618. The number of hydrogen-bond donors (Lipinski definition) is 0.